The number of rotatable bonds is 7. The Balaban J connectivity index is 2.25. The molecule has 18 heavy (non-hydrogen) atoms. The van der Waals surface area contributed by atoms with Crippen LogP contribution in [0.5, 0.6) is 5.75 Å². The molecule has 0 radical (unpaired) electrons. The standard InChI is InChI=1S/C15H21NO2/c1-12(2)13(3)17-10-11-18-15-6-4-14(5-7-15)8-9-16/h4-7,12-13H,8,10-11H2,1-3H3. The van der Waals surface area contributed by atoms with Crippen LogP contribution in [0.15, 0.2) is 24.3 Å². The second-order valence-electron chi connectivity index (χ2n) is 4.65. The quantitative estimate of drug-likeness (QED) is 0.695. The van der Waals surface area contributed by atoms with Crippen molar-refractivity contribution in [3.63, 3.8) is 0 Å². The number of hydrogen-bond donors (Lipinski definition) is 0. The summed E-state index contributed by atoms with van der Waals surface area (Å²) in [5.74, 6) is 1.34. The molecule has 3 heteroatoms. The number of nitrogens with zero attached hydrogens (tertiary/aromatic N) is 1. The minimum atomic E-state index is 0.256. The highest BCUT2D eigenvalue weighted by Crippen LogP contribution is 2.12. The molecule has 1 rings (SSSR count). The molecule has 0 aliphatic heterocycles. The first kappa shape index (κ1) is 14.5. The number of ether oxygens (including phenoxy) is 2. The van der Waals surface area contributed by atoms with Crippen LogP contribution < -0.4 is 4.74 Å². The van der Waals surface area contributed by atoms with E-state index < -0.39 is 0 Å². The molecule has 0 bridgehead atoms. The second kappa shape index (κ2) is 7.73. The Morgan fingerprint density at radius 1 is 1.11 bits per heavy atom. The molecule has 0 aliphatic rings. The zero-order valence-electron chi connectivity index (χ0n) is 11.3. The van der Waals surface area contributed by atoms with E-state index >= 15 is 0 Å². The minimum Gasteiger partial charge on any atom is -0.491 e. The lowest BCUT2D eigenvalue weighted by atomic mass is 10.1. The third-order valence-electron chi connectivity index (χ3n) is 2.88. The van der Waals surface area contributed by atoms with Crippen LogP contribution in [-0.4, -0.2) is 19.3 Å². The van der Waals surface area contributed by atoms with E-state index in [1.54, 1.807) is 0 Å². The summed E-state index contributed by atoms with van der Waals surface area (Å²) in [7, 11) is 0. The molecule has 0 saturated heterocycles. The van der Waals surface area contributed by atoms with Gasteiger partial charge in [0, 0.05) is 0 Å². The highest BCUT2D eigenvalue weighted by Gasteiger charge is 2.06. The summed E-state index contributed by atoms with van der Waals surface area (Å²) in [5.41, 5.74) is 1.01. The lowest BCUT2D eigenvalue weighted by Gasteiger charge is -2.16. The number of hydrogen-bond acceptors (Lipinski definition) is 3. The minimum absolute atomic E-state index is 0.256. The fourth-order valence-electron chi connectivity index (χ4n) is 1.38. The average Bonchev–Trinajstić information content (AvgIpc) is 2.36. The molecule has 1 atom stereocenters. The van der Waals surface area contributed by atoms with Crippen molar-refractivity contribution in [2.24, 2.45) is 5.92 Å². The van der Waals surface area contributed by atoms with Gasteiger partial charge in [0.05, 0.1) is 25.2 Å². The van der Waals surface area contributed by atoms with Crippen molar-refractivity contribution in [1.29, 1.82) is 5.26 Å². The van der Waals surface area contributed by atoms with Crippen molar-refractivity contribution < 1.29 is 9.47 Å². The Kier molecular flexibility index (Phi) is 6.24. The van der Waals surface area contributed by atoms with Crippen molar-refractivity contribution in [3.05, 3.63) is 29.8 Å². The fourth-order valence-corrected chi connectivity index (χ4v) is 1.38. The highest BCUT2D eigenvalue weighted by molar-refractivity contribution is 5.28. The monoisotopic (exact) mass is 247 g/mol. The lowest BCUT2D eigenvalue weighted by molar-refractivity contribution is 0.0188. The molecule has 0 N–H and O–H groups in total. The van der Waals surface area contributed by atoms with Gasteiger partial charge in [-0.3, -0.25) is 0 Å². The van der Waals surface area contributed by atoms with E-state index in [0.717, 1.165) is 11.3 Å². The Hall–Kier alpha value is -1.53. The Morgan fingerprint density at radius 2 is 1.78 bits per heavy atom. The summed E-state index contributed by atoms with van der Waals surface area (Å²) in [4.78, 5) is 0. The van der Waals surface area contributed by atoms with Crippen LogP contribution in [0.1, 0.15) is 26.3 Å². The average molecular weight is 247 g/mol. The summed E-state index contributed by atoms with van der Waals surface area (Å²) < 4.78 is 11.2. The van der Waals surface area contributed by atoms with E-state index in [2.05, 4.69) is 26.8 Å². The van der Waals surface area contributed by atoms with E-state index in [-0.39, 0.29) is 6.10 Å². The predicted molar refractivity (Wildman–Crippen MR) is 71.5 cm³/mol. The van der Waals surface area contributed by atoms with Gasteiger partial charge in [-0.25, -0.2) is 0 Å². The molecule has 98 valence electrons. The van der Waals surface area contributed by atoms with E-state index in [9.17, 15) is 0 Å². The van der Waals surface area contributed by atoms with Crippen LogP contribution in [-0.2, 0) is 11.2 Å². The van der Waals surface area contributed by atoms with Gasteiger partial charge in [-0.05, 0) is 30.5 Å². The zero-order valence-corrected chi connectivity index (χ0v) is 11.3. The summed E-state index contributed by atoms with van der Waals surface area (Å²) in [5, 5.41) is 8.56. The molecular weight excluding hydrogens is 226 g/mol. The summed E-state index contributed by atoms with van der Waals surface area (Å²) in [6, 6.07) is 9.72. The molecule has 0 saturated carbocycles. The van der Waals surface area contributed by atoms with Crippen LogP contribution in [0.2, 0.25) is 0 Å². The molecule has 3 nitrogen and oxygen atoms in total. The molecule has 0 heterocycles. The first-order valence-electron chi connectivity index (χ1n) is 6.33. The molecule has 0 aliphatic carbocycles. The predicted octanol–water partition coefficient (Wildman–Crippen LogP) is 3.19. The molecule has 1 aromatic carbocycles. The maximum atomic E-state index is 8.56. The van der Waals surface area contributed by atoms with Gasteiger partial charge in [-0.2, -0.15) is 5.26 Å². The normalized spacial score (nSPS) is 12.2. The van der Waals surface area contributed by atoms with Gasteiger partial charge in [0.25, 0.3) is 0 Å². The Labute approximate surface area is 109 Å². The first-order valence-corrected chi connectivity index (χ1v) is 6.33. The topological polar surface area (TPSA) is 42.2 Å². The molecular formula is C15H21NO2. The van der Waals surface area contributed by atoms with Gasteiger partial charge in [-0.15, -0.1) is 0 Å². The van der Waals surface area contributed by atoms with Crippen LogP contribution in [0.3, 0.4) is 0 Å². The Bertz CT molecular complexity index is 378. The molecule has 1 aromatic rings. The van der Waals surface area contributed by atoms with Crippen molar-refractivity contribution in [2.45, 2.75) is 33.3 Å². The molecule has 0 aromatic heterocycles. The van der Waals surface area contributed by atoms with Crippen molar-refractivity contribution in [3.8, 4) is 11.8 Å². The van der Waals surface area contributed by atoms with Gasteiger partial charge in [0.1, 0.15) is 12.4 Å². The Morgan fingerprint density at radius 3 is 2.33 bits per heavy atom. The van der Waals surface area contributed by atoms with Crippen LogP contribution in [0.4, 0.5) is 0 Å². The number of nitriles is 1. The van der Waals surface area contributed by atoms with Crippen LogP contribution in [0, 0.1) is 17.2 Å². The summed E-state index contributed by atoms with van der Waals surface area (Å²) in [6.45, 7) is 7.49. The van der Waals surface area contributed by atoms with Crippen molar-refractivity contribution in [2.75, 3.05) is 13.2 Å². The smallest absolute Gasteiger partial charge is 0.119 e. The summed E-state index contributed by atoms with van der Waals surface area (Å²) in [6.07, 6.45) is 0.696. The maximum Gasteiger partial charge on any atom is 0.119 e. The van der Waals surface area contributed by atoms with Crippen LogP contribution in [0.25, 0.3) is 0 Å². The first-order chi connectivity index (χ1) is 8.63. The lowest BCUT2D eigenvalue weighted by Crippen LogP contribution is -2.19. The van der Waals surface area contributed by atoms with E-state index in [1.165, 1.54) is 0 Å². The van der Waals surface area contributed by atoms with Gasteiger partial charge in [0.15, 0.2) is 0 Å². The maximum absolute atomic E-state index is 8.56. The molecule has 1 unspecified atom stereocenters. The molecule has 0 fully saturated rings. The van der Waals surface area contributed by atoms with E-state index in [4.69, 9.17) is 14.7 Å². The third-order valence-corrected chi connectivity index (χ3v) is 2.88. The van der Waals surface area contributed by atoms with Gasteiger partial charge in [0.2, 0.25) is 0 Å². The number of benzene rings is 1. The fraction of sp³-hybridized carbons (Fsp3) is 0.533. The third kappa shape index (κ3) is 5.20. The highest BCUT2D eigenvalue weighted by atomic mass is 16.5. The molecule has 0 amide bonds. The van der Waals surface area contributed by atoms with Gasteiger partial charge < -0.3 is 9.47 Å². The van der Waals surface area contributed by atoms with Crippen LogP contribution >= 0.6 is 0 Å². The van der Waals surface area contributed by atoms with E-state index in [1.807, 2.05) is 24.3 Å². The van der Waals surface area contributed by atoms with Gasteiger partial charge in [-0.1, -0.05) is 26.0 Å². The largest absolute Gasteiger partial charge is 0.491 e. The molecule has 0 spiro atoms. The second-order valence-corrected chi connectivity index (χ2v) is 4.65. The summed E-state index contributed by atoms with van der Waals surface area (Å²) >= 11 is 0. The van der Waals surface area contributed by atoms with E-state index in [0.29, 0.717) is 25.6 Å². The van der Waals surface area contributed by atoms with Crippen molar-refractivity contribution in [1.82, 2.24) is 0 Å². The SMILES string of the molecule is CC(C)C(C)OCCOc1ccc(CC#N)cc1. The van der Waals surface area contributed by atoms with Crippen molar-refractivity contribution >= 4 is 0 Å². The van der Waals surface area contributed by atoms with Gasteiger partial charge >= 0.3 is 0 Å². The zero-order chi connectivity index (χ0) is 13.4.